The number of amides is 1. The number of nitrogens with one attached hydrogen (secondary N) is 1. The highest BCUT2D eigenvalue weighted by atomic mass is 32.1. The van der Waals surface area contributed by atoms with Gasteiger partial charge in [-0.1, -0.05) is 19.3 Å². The summed E-state index contributed by atoms with van der Waals surface area (Å²) in [7, 11) is -0.687. The lowest BCUT2D eigenvalue weighted by Crippen LogP contribution is -2.14. The van der Waals surface area contributed by atoms with Crippen molar-refractivity contribution >= 4 is 31.5 Å². The molecular weight excluding hydrogens is 551 g/mol. The van der Waals surface area contributed by atoms with E-state index in [0.717, 1.165) is 44.2 Å². The fraction of sp³-hybridized carbons (Fsp3) is 0.375. The average Bonchev–Trinajstić information content (AvgIpc) is 3.70. The molecule has 1 amide bonds. The molecule has 2 N–H and O–H groups in total. The Kier molecular flexibility index (Phi) is 8.38. The van der Waals surface area contributed by atoms with E-state index in [4.69, 9.17) is 9.05 Å². The van der Waals surface area contributed by atoms with Crippen molar-refractivity contribution in [3.8, 4) is 22.0 Å². The van der Waals surface area contributed by atoms with Gasteiger partial charge in [-0.25, -0.2) is 19.0 Å². The molecule has 4 heterocycles. The molecular formula is C24H26F2N7O4PS. The van der Waals surface area contributed by atoms with E-state index in [0.29, 0.717) is 10.6 Å². The smallest absolute Gasteiger partial charge is 0.328 e. The maximum Gasteiger partial charge on any atom is 0.331 e. The van der Waals surface area contributed by atoms with Crippen LogP contribution in [0.2, 0.25) is 0 Å². The molecule has 5 rings (SSSR count). The Balaban J connectivity index is 1.38. The lowest BCUT2D eigenvalue weighted by atomic mass is 9.96. The Morgan fingerprint density at radius 2 is 2.00 bits per heavy atom. The minimum absolute atomic E-state index is 0.0524. The van der Waals surface area contributed by atoms with Crippen molar-refractivity contribution in [3.63, 3.8) is 0 Å². The van der Waals surface area contributed by atoms with E-state index >= 15 is 0 Å². The van der Waals surface area contributed by atoms with Crippen LogP contribution in [0.4, 0.5) is 14.5 Å². The van der Waals surface area contributed by atoms with E-state index in [9.17, 15) is 18.5 Å². The third kappa shape index (κ3) is 6.20. The molecule has 1 fully saturated rings. The fourth-order valence-electron chi connectivity index (χ4n) is 4.34. The van der Waals surface area contributed by atoms with Crippen molar-refractivity contribution in [2.75, 3.05) is 12.4 Å². The van der Waals surface area contributed by atoms with Crippen LogP contribution in [0.25, 0.3) is 22.0 Å². The topological polar surface area (TPSA) is 129 Å². The molecule has 11 nitrogen and oxygen atoms in total. The normalized spacial score (nSPS) is 15.8. The van der Waals surface area contributed by atoms with Gasteiger partial charge in [-0.05, 0) is 31.9 Å². The largest absolute Gasteiger partial charge is 0.331 e. The maximum atomic E-state index is 14.6. The highest BCUT2D eigenvalue weighted by Crippen LogP contribution is 2.37. The summed E-state index contributed by atoms with van der Waals surface area (Å²) in [6.45, 7) is 1.70. The van der Waals surface area contributed by atoms with Gasteiger partial charge in [-0.15, -0.1) is 11.3 Å². The van der Waals surface area contributed by atoms with Gasteiger partial charge >= 0.3 is 8.60 Å². The molecule has 1 aliphatic rings. The lowest BCUT2D eigenvalue weighted by molar-refractivity contribution is 0.102. The van der Waals surface area contributed by atoms with Crippen LogP contribution in [-0.4, -0.2) is 47.4 Å². The zero-order valence-corrected chi connectivity index (χ0v) is 22.8. The first-order valence-corrected chi connectivity index (χ1v) is 14.3. The second-order valence-electron chi connectivity index (χ2n) is 8.95. The van der Waals surface area contributed by atoms with E-state index in [1.54, 1.807) is 35.6 Å². The van der Waals surface area contributed by atoms with Crippen molar-refractivity contribution in [3.05, 3.63) is 53.6 Å². The molecule has 2 unspecified atom stereocenters. The molecule has 206 valence electrons. The molecule has 4 aromatic rings. The van der Waals surface area contributed by atoms with Crippen molar-refractivity contribution in [1.29, 1.82) is 0 Å². The average molecular weight is 578 g/mol. The second kappa shape index (κ2) is 11.9. The molecule has 1 aliphatic carbocycles. The van der Waals surface area contributed by atoms with Gasteiger partial charge in [0.1, 0.15) is 22.1 Å². The molecule has 1 saturated carbocycles. The van der Waals surface area contributed by atoms with E-state index < -0.39 is 32.5 Å². The summed E-state index contributed by atoms with van der Waals surface area (Å²) in [6.07, 6.45) is 9.35. The molecule has 4 aromatic heterocycles. The van der Waals surface area contributed by atoms with E-state index in [-0.39, 0.29) is 28.8 Å². The zero-order chi connectivity index (χ0) is 27.5. The first-order chi connectivity index (χ1) is 18.8. The van der Waals surface area contributed by atoms with Gasteiger partial charge in [0, 0.05) is 30.4 Å². The first-order valence-electron chi connectivity index (χ1n) is 12.2. The second-order valence-corrected chi connectivity index (χ2v) is 10.9. The van der Waals surface area contributed by atoms with Gasteiger partial charge in [0.15, 0.2) is 12.0 Å². The number of hydrogen-bond acceptors (Lipinski definition) is 9. The number of hydrogen-bond donors (Lipinski definition) is 2. The number of aromatic nitrogens is 6. The van der Waals surface area contributed by atoms with E-state index in [1.807, 2.05) is 0 Å². The highest BCUT2D eigenvalue weighted by molar-refractivity contribution is 7.40. The summed E-state index contributed by atoms with van der Waals surface area (Å²) in [6, 6.07) is 2.01. The maximum absolute atomic E-state index is 14.6. The zero-order valence-electron chi connectivity index (χ0n) is 21.1. The summed E-state index contributed by atoms with van der Waals surface area (Å²) in [4.78, 5) is 30.9. The van der Waals surface area contributed by atoms with Crippen LogP contribution in [0.1, 0.15) is 61.8 Å². The van der Waals surface area contributed by atoms with Crippen molar-refractivity contribution in [1.82, 2.24) is 29.5 Å². The van der Waals surface area contributed by atoms with Crippen LogP contribution in [0.5, 0.6) is 0 Å². The summed E-state index contributed by atoms with van der Waals surface area (Å²) in [5, 5.41) is 13.6. The van der Waals surface area contributed by atoms with Gasteiger partial charge in [0.25, 0.3) is 5.91 Å². The molecule has 39 heavy (non-hydrogen) atoms. The molecule has 0 radical (unpaired) electrons. The molecule has 0 aromatic carbocycles. The third-order valence-corrected chi connectivity index (χ3v) is 8.01. The predicted molar refractivity (Wildman–Crippen MR) is 141 cm³/mol. The summed E-state index contributed by atoms with van der Waals surface area (Å²) >= 11 is 1.24. The number of thiazole rings is 1. The van der Waals surface area contributed by atoms with Gasteiger partial charge in [0.05, 0.1) is 17.9 Å². The van der Waals surface area contributed by atoms with Crippen LogP contribution in [0.3, 0.4) is 0 Å². The standard InChI is InChI=1S/C24H26F2N7O4PS/c1-14(37-38(35)36-2)32-11-15(10-27-32)24-29-19(13-39-24)23(34)28-18-12-33(16-6-4-3-5-7-16)31-22(18)21-17(25)8-9-20(26)30-21/h8-14,16,35H,3-7H2,1-2H3,(H,28,34). The van der Waals surface area contributed by atoms with Crippen LogP contribution >= 0.6 is 19.9 Å². The molecule has 0 saturated heterocycles. The van der Waals surface area contributed by atoms with Crippen LogP contribution in [0.15, 0.2) is 36.1 Å². The quantitative estimate of drug-likeness (QED) is 0.191. The SMILES string of the molecule is COP(O)OC(C)n1cc(-c2nc(C(=O)Nc3cn(C4CCCCC4)nc3-c3nc(F)ccc3F)cs2)cn1. The Hall–Kier alpha value is -3.16. The molecule has 0 spiro atoms. The third-order valence-electron chi connectivity index (χ3n) is 6.32. The molecule has 0 bridgehead atoms. The van der Waals surface area contributed by atoms with Crippen LogP contribution < -0.4 is 5.32 Å². The van der Waals surface area contributed by atoms with Crippen molar-refractivity contribution in [2.45, 2.75) is 51.3 Å². The number of halogens is 2. The van der Waals surface area contributed by atoms with Crippen LogP contribution in [0, 0.1) is 11.8 Å². The molecule has 0 aliphatic heterocycles. The highest BCUT2D eigenvalue weighted by Gasteiger charge is 2.24. The van der Waals surface area contributed by atoms with Gasteiger partial charge < -0.3 is 14.7 Å². The Morgan fingerprint density at radius 1 is 1.21 bits per heavy atom. The fourth-order valence-corrected chi connectivity index (χ4v) is 5.56. The van der Waals surface area contributed by atoms with Crippen LogP contribution in [-0.2, 0) is 9.05 Å². The number of anilines is 1. The Labute approximate surface area is 227 Å². The Morgan fingerprint density at radius 3 is 2.77 bits per heavy atom. The van der Waals surface area contributed by atoms with Gasteiger partial charge in [-0.2, -0.15) is 14.6 Å². The molecule has 2 atom stereocenters. The van der Waals surface area contributed by atoms with E-state index in [2.05, 4.69) is 25.5 Å². The van der Waals surface area contributed by atoms with Crippen molar-refractivity contribution in [2.24, 2.45) is 0 Å². The Bertz CT molecular complexity index is 1460. The van der Waals surface area contributed by atoms with E-state index in [1.165, 1.54) is 23.1 Å². The number of carbonyl (C=O) groups excluding carboxylic acids is 1. The number of nitrogens with zero attached hydrogens (tertiary/aromatic N) is 6. The predicted octanol–water partition coefficient (Wildman–Crippen LogP) is 5.70. The number of pyridine rings is 1. The molecule has 15 heteroatoms. The summed E-state index contributed by atoms with van der Waals surface area (Å²) in [5.41, 5.74) is 0.772. The number of carbonyl (C=O) groups is 1. The minimum atomic E-state index is -2.02. The number of rotatable bonds is 9. The first kappa shape index (κ1) is 27.4. The van der Waals surface area contributed by atoms with Crippen molar-refractivity contribution < 1.29 is 27.5 Å². The monoisotopic (exact) mass is 577 g/mol. The van der Waals surface area contributed by atoms with Gasteiger partial charge in [-0.3, -0.25) is 14.0 Å². The minimum Gasteiger partial charge on any atom is -0.328 e. The van der Waals surface area contributed by atoms with Gasteiger partial charge in [0.2, 0.25) is 5.95 Å². The lowest BCUT2D eigenvalue weighted by Gasteiger charge is -2.21. The summed E-state index contributed by atoms with van der Waals surface area (Å²) in [5.74, 6) is -2.13. The summed E-state index contributed by atoms with van der Waals surface area (Å²) < 4.78 is 41.8.